The molecule has 0 aromatic heterocycles. The van der Waals surface area contributed by atoms with E-state index in [-0.39, 0.29) is 5.82 Å². The molecule has 0 spiro atoms. The standard InChI is InChI=1S/C5H7N3O2/c1-3-6-4(9)7-5(10)8(3)2/h1H2,2H3,(H2,6,7,9,10). The highest BCUT2D eigenvalue weighted by Gasteiger charge is 2.21. The van der Waals surface area contributed by atoms with E-state index in [1.165, 1.54) is 11.9 Å². The second-order valence-corrected chi connectivity index (χ2v) is 1.89. The van der Waals surface area contributed by atoms with Crippen LogP contribution < -0.4 is 10.6 Å². The van der Waals surface area contributed by atoms with Gasteiger partial charge in [0.1, 0.15) is 5.82 Å². The van der Waals surface area contributed by atoms with Gasteiger partial charge in [0.2, 0.25) is 0 Å². The number of nitrogens with zero attached hydrogens (tertiary/aromatic N) is 1. The second kappa shape index (κ2) is 2.02. The van der Waals surface area contributed by atoms with E-state index in [2.05, 4.69) is 11.9 Å². The summed E-state index contributed by atoms with van der Waals surface area (Å²) in [5.41, 5.74) is 0. The van der Waals surface area contributed by atoms with E-state index < -0.39 is 12.1 Å². The minimum Gasteiger partial charge on any atom is -0.294 e. The van der Waals surface area contributed by atoms with Gasteiger partial charge in [-0.25, -0.2) is 9.59 Å². The summed E-state index contributed by atoms with van der Waals surface area (Å²) in [6, 6.07) is -0.998. The van der Waals surface area contributed by atoms with Crippen molar-refractivity contribution in [2.45, 2.75) is 0 Å². The molecule has 0 aliphatic carbocycles. The summed E-state index contributed by atoms with van der Waals surface area (Å²) in [4.78, 5) is 22.4. The van der Waals surface area contributed by atoms with E-state index in [1.54, 1.807) is 0 Å². The second-order valence-electron chi connectivity index (χ2n) is 1.89. The van der Waals surface area contributed by atoms with E-state index in [1.807, 2.05) is 5.32 Å². The van der Waals surface area contributed by atoms with Crippen LogP contribution in [0.4, 0.5) is 9.59 Å². The SMILES string of the molecule is C=C1NC(=O)NC(=O)N1C. The number of carbonyl (C=O) groups is 2. The fourth-order valence-corrected chi connectivity index (χ4v) is 0.550. The third-order valence-corrected chi connectivity index (χ3v) is 1.19. The van der Waals surface area contributed by atoms with Gasteiger partial charge >= 0.3 is 12.1 Å². The van der Waals surface area contributed by atoms with Gasteiger partial charge in [0.25, 0.3) is 0 Å². The molecule has 0 bridgehead atoms. The molecular formula is C5H7N3O2. The zero-order chi connectivity index (χ0) is 7.72. The first kappa shape index (κ1) is 6.60. The third kappa shape index (κ3) is 0.928. The minimum atomic E-state index is -0.534. The Morgan fingerprint density at radius 3 is 2.50 bits per heavy atom. The first-order chi connectivity index (χ1) is 4.61. The number of amides is 4. The Labute approximate surface area is 57.7 Å². The Balaban J connectivity index is 2.76. The monoisotopic (exact) mass is 141 g/mol. The Morgan fingerprint density at radius 1 is 1.40 bits per heavy atom. The molecule has 4 amide bonds. The van der Waals surface area contributed by atoms with Crippen molar-refractivity contribution in [3.8, 4) is 0 Å². The maximum absolute atomic E-state index is 10.7. The number of rotatable bonds is 0. The Hall–Kier alpha value is -1.52. The minimum absolute atomic E-state index is 0.286. The lowest BCUT2D eigenvalue weighted by atomic mass is 10.6. The molecule has 1 heterocycles. The van der Waals surface area contributed by atoms with Gasteiger partial charge in [-0.2, -0.15) is 0 Å². The molecular weight excluding hydrogens is 134 g/mol. The number of imide groups is 1. The molecule has 1 aliphatic rings. The third-order valence-electron chi connectivity index (χ3n) is 1.19. The van der Waals surface area contributed by atoms with Gasteiger partial charge < -0.3 is 0 Å². The Morgan fingerprint density at radius 2 is 2.00 bits per heavy atom. The van der Waals surface area contributed by atoms with Crippen LogP contribution in [0.1, 0.15) is 0 Å². The van der Waals surface area contributed by atoms with E-state index >= 15 is 0 Å². The van der Waals surface area contributed by atoms with Crippen LogP contribution in [0.25, 0.3) is 0 Å². The molecule has 10 heavy (non-hydrogen) atoms. The summed E-state index contributed by atoms with van der Waals surface area (Å²) in [6.45, 7) is 3.43. The molecule has 0 aromatic carbocycles. The van der Waals surface area contributed by atoms with Gasteiger partial charge in [-0.05, 0) is 0 Å². The largest absolute Gasteiger partial charge is 0.330 e. The predicted octanol–water partition coefficient (Wildman–Crippen LogP) is -0.178. The van der Waals surface area contributed by atoms with Crippen LogP contribution in [0, 0.1) is 0 Å². The zero-order valence-electron chi connectivity index (χ0n) is 5.47. The molecule has 54 valence electrons. The Kier molecular flexibility index (Phi) is 1.33. The molecule has 5 nitrogen and oxygen atoms in total. The van der Waals surface area contributed by atoms with Crippen molar-refractivity contribution in [1.82, 2.24) is 15.5 Å². The summed E-state index contributed by atoms with van der Waals surface area (Å²) in [6.07, 6.45) is 0. The van der Waals surface area contributed by atoms with Gasteiger partial charge in [0.05, 0.1) is 0 Å². The highest BCUT2D eigenvalue weighted by Crippen LogP contribution is 1.98. The fraction of sp³-hybridized carbons (Fsp3) is 0.200. The molecule has 0 saturated carbocycles. The normalized spacial score (nSPS) is 18.5. The number of urea groups is 2. The smallest absolute Gasteiger partial charge is 0.294 e. The average molecular weight is 141 g/mol. The van der Waals surface area contributed by atoms with Gasteiger partial charge in [0, 0.05) is 7.05 Å². The first-order valence-electron chi connectivity index (χ1n) is 2.66. The maximum atomic E-state index is 10.7. The van der Waals surface area contributed by atoms with Gasteiger partial charge in [-0.3, -0.25) is 15.5 Å². The van der Waals surface area contributed by atoms with Crippen LogP contribution in [-0.4, -0.2) is 24.0 Å². The summed E-state index contributed by atoms with van der Waals surface area (Å²) < 4.78 is 0. The van der Waals surface area contributed by atoms with Crippen molar-refractivity contribution in [1.29, 1.82) is 0 Å². The molecule has 1 saturated heterocycles. The first-order valence-corrected chi connectivity index (χ1v) is 2.66. The lowest BCUT2D eigenvalue weighted by molar-refractivity contribution is 0.201. The molecule has 0 unspecified atom stereocenters. The molecule has 0 aromatic rings. The van der Waals surface area contributed by atoms with Crippen LogP contribution in [-0.2, 0) is 0 Å². The maximum Gasteiger partial charge on any atom is 0.330 e. The summed E-state index contributed by atoms with van der Waals surface area (Å²) >= 11 is 0. The van der Waals surface area contributed by atoms with Crippen LogP contribution in [0.5, 0.6) is 0 Å². The van der Waals surface area contributed by atoms with Gasteiger partial charge in [0.15, 0.2) is 0 Å². The van der Waals surface area contributed by atoms with E-state index in [0.29, 0.717) is 0 Å². The summed E-state index contributed by atoms with van der Waals surface area (Å²) in [7, 11) is 1.51. The van der Waals surface area contributed by atoms with Crippen molar-refractivity contribution in [2.24, 2.45) is 0 Å². The van der Waals surface area contributed by atoms with Crippen molar-refractivity contribution in [3.05, 3.63) is 12.4 Å². The molecule has 1 fully saturated rings. The summed E-state index contributed by atoms with van der Waals surface area (Å²) in [5.74, 6) is 0.286. The van der Waals surface area contributed by atoms with E-state index in [0.717, 1.165) is 0 Å². The quantitative estimate of drug-likeness (QED) is 0.491. The molecule has 5 heteroatoms. The van der Waals surface area contributed by atoms with Crippen LogP contribution in [0.3, 0.4) is 0 Å². The van der Waals surface area contributed by atoms with Crippen LogP contribution in [0.2, 0.25) is 0 Å². The van der Waals surface area contributed by atoms with Gasteiger partial charge in [-0.15, -0.1) is 0 Å². The van der Waals surface area contributed by atoms with Gasteiger partial charge in [-0.1, -0.05) is 6.58 Å². The van der Waals surface area contributed by atoms with Crippen molar-refractivity contribution in [2.75, 3.05) is 7.05 Å². The predicted molar refractivity (Wildman–Crippen MR) is 34.0 cm³/mol. The number of nitrogens with one attached hydrogen (secondary N) is 2. The number of hydrogen-bond donors (Lipinski definition) is 2. The van der Waals surface area contributed by atoms with E-state index in [4.69, 9.17) is 0 Å². The molecule has 1 rings (SSSR count). The summed E-state index contributed by atoms with van der Waals surface area (Å²) in [5, 5.41) is 4.36. The fourth-order valence-electron chi connectivity index (χ4n) is 0.550. The molecule has 0 atom stereocenters. The zero-order valence-corrected chi connectivity index (χ0v) is 5.47. The van der Waals surface area contributed by atoms with Crippen LogP contribution >= 0.6 is 0 Å². The lowest BCUT2D eigenvalue weighted by Crippen LogP contribution is -2.53. The van der Waals surface area contributed by atoms with Crippen molar-refractivity contribution in [3.63, 3.8) is 0 Å². The number of hydrogen-bond acceptors (Lipinski definition) is 2. The Bertz CT molecular complexity index is 191. The topological polar surface area (TPSA) is 61.4 Å². The lowest BCUT2D eigenvalue weighted by Gasteiger charge is -2.24. The highest BCUT2D eigenvalue weighted by molar-refractivity contribution is 5.97. The van der Waals surface area contributed by atoms with Crippen LogP contribution in [0.15, 0.2) is 12.4 Å². The molecule has 1 aliphatic heterocycles. The van der Waals surface area contributed by atoms with E-state index in [9.17, 15) is 9.59 Å². The average Bonchev–Trinajstić information content (AvgIpc) is 1.82. The number of carbonyl (C=O) groups excluding carboxylic acids is 2. The highest BCUT2D eigenvalue weighted by atomic mass is 16.2. The van der Waals surface area contributed by atoms with Crippen molar-refractivity contribution < 1.29 is 9.59 Å². The van der Waals surface area contributed by atoms with Crippen molar-refractivity contribution >= 4 is 12.1 Å². The molecule has 0 radical (unpaired) electrons. The molecule has 2 N–H and O–H groups in total.